The van der Waals surface area contributed by atoms with Crippen molar-refractivity contribution in [2.75, 3.05) is 13.6 Å². The van der Waals surface area contributed by atoms with Gasteiger partial charge in [0.05, 0.1) is 0 Å². The van der Waals surface area contributed by atoms with Crippen LogP contribution in [0.15, 0.2) is 46.8 Å². The van der Waals surface area contributed by atoms with E-state index in [9.17, 15) is 22.8 Å². The molecular weight excluding hydrogens is 333 g/mol. The Morgan fingerprint density at radius 2 is 1.68 bits per heavy atom. The molecule has 0 heterocycles. The molecule has 0 fully saturated rings. The van der Waals surface area contributed by atoms with E-state index in [1.165, 1.54) is 45.2 Å². The number of benzene rings is 1. The van der Waals surface area contributed by atoms with Crippen LogP contribution in [0.5, 0.6) is 0 Å². The van der Waals surface area contributed by atoms with E-state index in [-0.39, 0.29) is 28.2 Å². The molecule has 2 atom stereocenters. The van der Waals surface area contributed by atoms with E-state index in [1.807, 2.05) is 0 Å². The molecule has 2 N–H and O–H groups in total. The minimum atomic E-state index is -2.14. The summed E-state index contributed by atoms with van der Waals surface area (Å²) in [6, 6.07) is 5.88. The van der Waals surface area contributed by atoms with Crippen LogP contribution in [0.2, 0.25) is 0 Å². The Kier molecular flexibility index (Phi) is 5.66. The first-order chi connectivity index (χ1) is 11.8. The van der Waals surface area contributed by atoms with Gasteiger partial charge >= 0.3 is 0 Å². The first kappa shape index (κ1) is 18.8. The van der Waals surface area contributed by atoms with E-state index in [0.29, 0.717) is 0 Å². The van der Waals surface area contributed by atoms with E-state index < -0.39 is 36.2 Å². The van der Waals surface area contributed by atoms with E-state index in [1.54, 1.807) is 0 Å². The van der Waals surface area contributed by atoms with Gasteiger partial charge in [0.25, 0.3) is 11.8 Å². The zero-order valence-corrected chi connectivity index (χ0v) is 14.1. The number of halogens is 3. The summed E-state index contributed by atoms with van der Waals surface area (Å²) in [5.41, 5.74) is 0.0744. The molecule has 0 radical (unpaired) electrons. The van der Waals surface area contributed by atoms with E-state index in [4.69, 9.17) is 0 Å². The second kappa shape index (κ2) is 7.55. The maximum absolute atomic E-state index is 14.2. The highest BCUT2D eigenvalue weighted by Gasteiger charge is 2.35. The lowest BCUT2D eigenvalue weighted by Crippen LogP contribution is -2.34. The summed E-state index contributed by atoms with van der Waals surface area (Å²) in [7, 11) is 1.46. The average molecular weight is 352 g/mol. The highest BCUT2D eigenvalue weighted by molar-refractivity contribution is 5.99. The summed E-state index contributed by atoms with van der Waals surface area (Å²) in [5.74, 6) is -1.81. The van der Waals surface area contributed by atoms with Crippen LogP contribution in [0.25, 0.3) is 0 Å². The number of carbonyl (C=O) groups is 2. The van der Waals surface area contributed by atoms with Crippen LogP contribution in [-0.4, -0.2) is 37.8 Å². The number of carbonyl (C=O) groups excluding carboxylic acids is 2. The van der Waals surface area contributed by atoms with Gasteiger partial charge in [-0.15, -0.1) is 0 Å². The third kappa shape index (κ3) is 3.75. The molecule has 0 bridgehead atoms. The smallest absolute Gasteiger partial charge is 0.251 e. The molecule has 1 aromatic carbocycles. The van der Waals surface area contributed by atoms with Crippen LogP contribution in [0.1, 0.15) is 34.6 Å². The molecule has 0 aromatic heterocycles. The minimum Gasteiger partial charge on any atom is -0.355 e. The lowest BCUT2D eigenvalue weighted by atomic mass is 9.89. The highest BCUT2D eigenvalue weighted by atomic mass is 19.2. The highest BCUT2D eigenvalue weighted by Crippen LogP contribution is 2.34. The zero-order valence-electron chi connectivity index (χ0n) is 14.1. The Morgan fingerprint density at radius 1 is 1.08 bits per heavy atom. The lowest BCUT2D eigenvalue weighted by Gasteiger charge is -2.25. The fourth-order valence-electron chi connectivity index (χ4n) is 2.54. The van der Waals surface area contributed by atoms with Gasteiger partial charge in [-0.05, 0) is 43.2 Å². The van der Waals surface area contributed by atoms with Crippen LogP contribution >= 0.6 is 0 Å². The first-order valence-electron chi connectivity index (χ1n) is 7.72. The van der Waals surface area contributed by atoms with Crippen molar-refractivity contribution in [1.29, 1.82) is 0 Å². The molecular formula is C18H19F3N2O2. The van der Waals surface area contributed by atoms with Gasteiger partial charge in [0.15, 0.2) is 12.3 Å². The normalized spacial score (nSPS) is 20.6. The number of allylic oxidation sites excluding steroid dienone is 3. The minimum absolute atomic E-state index is 0.0124. The molecule has 1 aliphatic rings. The molecule has 2 unspecified atom stereocenters. The number of rotatable bonds is 4. The van der Waals surface area contributed by atoms with Crippen molar-refractivity contribution in [3.8, 4) is 0 Å². The van der Waals surface area contributed by atoms with Crippen molar-refractivity contribution in [1.82, 2.24) is 10.6 Å². The summed E-state index contributed by atoms with van der Waals surface area (Å²) in [4.78, 5) is 23.8. The van der Waals surface area contributed by atoms with Gasteiger partial charge in [-0.3, -0.25) is 9.59 Å². The molecule has 0 saturated heterocycles. The van der Waals surface area contributed by atoms with E-state index >= 15 is 0 Å². The predicted molar refractivity (Wildman–Crippen MR) is 88.5 cm³/mol. The van der Waals surface area contributed by atoms with Gasteiger partial charge in [0.2, 0.25) is 0 Å². The summed E-state index contributed by atoms with van der Waals surface area (Å²) in [5, 5.41) is 4.80. The summed E-state index contributed by atoms with van der Waals surface area (Å²) in [6.07, 6.45) is -4.07. The fourth-order valence-corrected chi connectivity index (χ4v) is 2.54. The largest absolute Gasteiger partial charge is 0.355 e. The molecule has 0 saturated carbocycles. The standard InChI is InChI=1S/C18H19F3N2O2/c1-9-10(2)15(20)16(21)13(14(9)19)8-23-18(25)12-6-4-5-11(7-12)17(24)22-3/h4-7,15-16H,8H2,1-3H3,(H,22,24)(H,23,25). The van der Waals surface area contributed by atoms with Crippen molar-refractivity contribution >= 4 is 11.8 Å². The average Bonchev–Trinajstić information content (AvgIpc) is 2.63. The zero-order chi connectivity index (χ0) is 18.7. The van der Waals surface area contributed by atoms with Crippen LogP contribution in [0.4, 0.5) is 13.2 Å². The maximum Gasteiger partial charge on any atom is 0.251 e. The van der Waals surface area contributed by atoms with Crippen molar-refractivity contribution < 1.29 is 22.8 Å². The molecule has 25 heavy (non-hydrogen) atoms. The topological polar surface area (TPSA) is 58.2 Å². The molecule has 7 heteroatoms. The molecule has 4 nitrogen and oxygen atoms in total. The molecule has 0 spiro atoms. The fraction of sp³-hybridized carbons (Fsp3) is 0.333. The quantitative estimate of drug-likeness (QED) is 0.875. The van der Waals surface area contributed by atoms with Crippen LogP contribution in [-0.2, 0) is 0 Å². The Bertz CT molecular complexity index is 771. The van der Waals surface area contributed by atoms with Gasteiger partial charge in [-0.1, -0.05) is 6.07 Å². The third-order valence-electron chi connectivity index (χ3n) is 4.26. The van der Waals surface area contributed by atoms with E-state index in [2.05, 4.69) is 10.6 Å². The molecule has 0 aliphatic heterocycles. The summed E-state index contributed by atoms with van der Waals surface area (Å²) in [6.45, 7) is 2.25. The molecule has 1 aromatic rings. The second-order valence-electron chi connectivity index (χ2n) is 5.79. The van der Waals surface area contributed by atoms with Crippen LogP contribution in [0, 0.1) is 0 Å². The Morgan fingerprint density at radius 3 is 2.28 bits per heavy atom. The Balaban J connectivity index is 2.16. The second-order valence-corrected chi connectivity index (χ2v) is 5.79. The van der Waals surface area contributed by atoms with E-state index in [0.717, 1.165) is 0 Å². The SMILES string of the molecule is CNC(=O)c1cccc(C(=O)NCC2=C(F)C(C)=C(C)C(F)C2F)c1. The third-order valence-corrected chi connectivity index (χ3v) is 4.26. The Hall–Kier alpha value is -2.57. The Labute approximate surface area is 143 Å². The number of alkyl halides is 2. The first-order valence-corrected chi connectivity index (χ1v) is 7.72. The number of hydrogen-bond acceptors (Lipinski definition) is 2. The number of hydrogen-bond donors (Lipinski definition) is 2. The van der Waals surface area contributed by atoms with Crippen molar-refractivity contribution in [3.05, 3.63) is 57.9 Å². The summed E-state index contributed by atoms with van der Waals surface area (Å²) >= 11 is 0. The maximum atomic E-state index is 14.2. The van der Waals surface area contributed by atoms with Gasteiger partial charge in [-0.25, -0.2) is 13.2 Å². The van der Waals surface area contributed by atoms with Crippen LogP contribution < -0.4 is 10.6 Å². The monoisotopic (exact) mass is 352 g/mol. The van der Waals surface area contributed by atoms with Gasteiger partial charge < -0.3 is 10.6 Å². The number of amides is 2. The van der Waals surface area contributed by atoms with Gasteiger partial charge in [-0.2, -0.15) is 0 Å². The van der Waals surface area contributed by atoms with Crippen molar-refractivity contribution in [2.45, 2.75) is 26.2 Å². The molecule has 134 valence electrons. The number of nitrogens with one attached hydrogen (secondary N) is 2. The lowest BCUT2D eigenvalue weighted by molar-refractivity contribution is 0.0953. The van der Waals surface area contributed by atoms with Crippen molar-refractivity contribution in [3.63, 3.8) is 0 Å². The van der Waals surface area contributed by atoms with Crippen LogP contribution in [0.3, 0.4) is 0 Å². The van der Waals surface area contributed by atoms with Crippen molar-refractivity contribution in [2.24, 2.45) is 0 Å². The van der Waals surface area contributed by atoms with Gasteiger partial charge in [0.1, 0.15) is 5.83 Å². The summed E-state index contributed by atoms with van der Waals surface area (Å²) < 4.78 is 42.2. The molecule has 2 amide bonds. The molecule has 1 aliphatic carbocycles. The molecule has 2 rings (SSSR count). The predicted octanol–water partition coefficient (Wildman–Crippen LogP) is 3.03. The van der Waals surface area contributed by atoms with Gasteiger partial charge in [0, 0.05) is 30.3 Å².